The van der Waals surface area contributed by atoms with Gasteiger partial charge in [-0.3, -0.25) is 9.48 Å². The number of amides is 1. The third-order valence-corrected chi connectivity index (χ3v) is 3.99. The highest BCUT2D eigenvalue weighted by molar-refractivity contribution is 9.10. The molecule has 0 radical (unpaired) electrons. The van der Waals surface area contributed by atoms with E-state index in [9.17, 15) is 4.79 Å². The maximum absolute atomic E-state index is 12.3. The van der Waals surface area contributed by atoms with E-state index in [1.165, 1.54) is 0 Å². The normalized spacial score (nSPS) is 10.5. The molecular formula is C18H16BrN3O. The van der Waals surface area contributed by atoms with E-state index in [0.29, 0.717) is 13.0 Å². The van der Waals surface area contributed by atoms with E-state index in [0.717, 1.165) is 21.3 Å². The highest BCUT2D eigenvalue weighted by atomic mass is 79.9. The van der Waals surface area contributed by atoms with Crippen LogP contribution in [0, 0.1) is 0 Å². The minimum atomic E-state index is -0.0276. The van der Waals surface area contributed by atoms with Crippen LogP contribution in [0.2, 0.25) is 0 Å². The molecule has 0 bridgehead atoms. The zero-order chi connectivity index (χ0) is 16.1. The van der Waals surface area contributed by atoms with Crippen molar-refractivity contribution in [3.8, 4) is 0 Å². The Morgan fingerprint density at radius 3 is 2.61 bits per heavy atom. The monoisotopic (exact) mass is 369 g/mol. The number of rotatable bonds is 5. The molecule has 0 atom stereocenters. The number of anilines is 1. The summed E-state index contributed by atoms with van der Waals surface area (Å²) in [5, 5.41) is 7.20. The number of hydrogen-bond donors (Lipinski definition) is 1. The lowest BCUT2D eigenvalue weighted by molar-refractivity contribution is -0.115. The number of para-hydroxylation sites is 1. The number of carbonyl (C=O) groups excluding carboxylic acids is 1. The smallest absolute Gasteiger partial charge is 0.228 e. The van der Waals surface area contributed by atoms with E-state index in [1.807, 2.05) is 65.5 Å². The fraction of sp³-hybridized carbons (Fsp3) is 0.111. The lowest BCUT2D eigenvalue weighted by Gasteiger charge is -2.11. The maximum Gasteiger partial charge on any atom is 0.228 e. The molecule has 3 rings (SSSR count). The van der Waals surface area contributed by atoms with Crippen molar-refractivity contribution in [2.75, 3.05) is 5.32 Å². The molecule has 1 amide bonds. The topological polar surface area (TPSA) is 46.9 Å². The van der Waals surface area contributed by atoms with E-state index in [-0.39, 0.29) is 5.91 Å². The minimum absolute atomic E-state index is 0.0276. The number of halogens is 1. The molecule has 1 heterocycles. The number of benzene rings is 2. The Morgan fingerprint density at radius 1 is 1.09 bits per heavy atom. The molecule has 23 heavy (non-hydrogen) atoms. The average Bonchev–Trinajstić information content (AvgIpc) is 3.05. The largest absolute Gasteiger partial charge is 0.325 e. The van der Waals surface area contributed by atoms with Crippen LogP contribution in [0.5, 0.6) is 0 Å². The van der Waals surface area contributed by atoms with Crippen molar-refractivity contribution < 1.29 is 4.79 Å². The quantitative estimate of drug-likeness (QED) is 0.741. The standard InChI is InChI=1S/C18H16BrN3O/c19-16-8-6-14(7-9-16)12-18(23)21-17-5-2-1-4-15(17)13-22-11-3-10-20-22/h1-11H,12-13H2,(H,21,23). The molecule has 3 aromatic rings. The van der Waals surface area contributed by atoms with E-state index in [4.69, 9.17) is 0 Å². The Hall–Kier alpha value is -2.40. The van der Waals surface area contributed by atoms with E-state index in [1.54, 1.807) is 6.20 Å². The van der Waals surface area contributed by atoms with E-state index >= 15 is 0 Å². The fourth-order valence-corrected chi connectivity index (χ4v) is 2.60. The molecule has 0 spiro atoms. The Kier molecular flexibility index (Phi) is 4.88. The van der Waals surface area contributed by atoms with E-state index in [2.05, 4.69) is 26.3 Å². The van der Waals surface area contributed by atoms with Crippen LogP contribution in [0.1, 0.15) is 11.1 Å². The summed E-state index contributed by atoms with van der Waals surface area (Å²) >= 11 is 3.39. The number of hydrogen-bond acceptors (Lipinski definition) is 2. The zero-order valence-electron chi connectivity index (χ0n) is 12.4. The zero-order valence-corrected chi connectivity index (χ0v) is 14.0. The number of nitrogens with one attached hydrogen (secondary N) is 1. The first-order valence-corrected chi connectivity index (χ1v) is 8.09. The van der Waals surface area contributed by atoms with Gasteiger partial charge in [0.05, 0.1) is 13.0 Å². The first-order valence-electron chi connectivity index (χ1n) is 7.30. The van der Waals surface area contributed by atoms with Gasteiger partial charge in [-0.15, -0.1) is 0 Å². The van der Waals surface area contributed by atoms with Gasteiger partial charge in [-0.2, -0.15) is 5.10 Å². The van der Waals surface area contributed by atoms with Gasteiger partial charge < -0.3 is 5.32 Å². The van der Waals surface area contributed by atoms with Crippen molar-refractivity contribution in [2.45, 2.75) is 13.0 Å². The first kappa shape index (κ1) is 15.5. The fourth-order valence-electron chi connectivity index (χ4n) is 2.33. The van der Waals surface area contributed by atoms with Crippen LogP contribution in [-0.4, -0.2) is 15.7 Å². The summed E-state index contributed by atoms with van der Waals surface area (Å²) < 4.78 is 2.84. The number of aromatic nitrogens is 2. The molecule has 0 aliphatic rings. The Bertz CT molecular complexity index is 782. The molecular weight excluding hydrogens is 354 g/mol. The third kappa shape index (κ3) is 4.29. The van der Waals surface area contributed by atoms with Crippen LogP contribution in [0.15, 0.2) is 71.5 Å². The van der Waals surface area contributed by atoms with E-state index < -0.39 is 0 Å². The summed E-state index contributed by atoms with van der Waals surface area (Å²) in [4.78, 5) is 12.3. The lowest BCUT2D eigenvalue weighted by atomic mass is 10.1. The molecule has 5 heteroatoms. The highest BCUT2D eigenvalue weighted by Crippen LogP contribution is 2.17. The molecule has 0 saturated carbocycles. The summed E-state index contributed by atoms with van der Waals surface area (Å²) in [7, 11) is 0. The van der Waals surface area contributed by atoms with Gasteiger partial charge in [-0.05, 0) is 35.4 Å². The number of nitrogens with zero attached hydrogens (tertiary/aromatic N) is 2. The molecule has 4 nitrogen and oxygen atoms in total. The summed E-state index contributed by atoms with van der Waals surface area (Å²) in [6, 6.07) is 17.4. The second-order valence-corrected chi connectivity index (χ2v) is 6.13. The van der Waals surface area contributed by atoms with Crippen LogP contribution < -0.4 is 5.32 Å². The van der Waals surface area contributed by atoms with Crippen LogP contribution in [0.4, 0.5) is 5.69 Å². The third-order valence-electron chi connectivity index (χ3n) is 3.46. The van der Waals surface area contributed by atoms with Gasteiger partial charge in [0.15, 0.2) is 0 Å². The maximum atomic E-state index is 12.3. The lowest BCUT2D eigenvalue weighted by Crippen LogP contribution is -2.16. The summed E-state index contributed by atoms with van der Waals surface area (Å²) in [6.07, 6.45) is 4.00. The minimum Gasteiger partial charge on any atom is -0.325 e. The summed E-state index contributed by atoms with van der Waals surface area (Å²) in [5.41, 5.74) is 2.83. The van der Waals surface area contributed by atoms with Crippen molar-refractivity contribution in [1.29, 1.82) is 0 Å². The molecule has 0 saturated heterocycles. The highest BCUT2D eigenvalue weighted by Gasteiger charge is 2.08. The predicted molar refractivity (Wildman–Crippen MR) is 94.2 cm³/mol. The van der Waals surface area contributed by atoms with Gasteiger partial charge in [0.1, 0.15) is 0 Å². The Balaban J connectivity index is 1.69. The molecule has 0 unspecified atom stereocenters. The molecule has 116 valence electrons. The molecule has 2 aromatic carbocycles. The molecule has 0 aliphatic heterocycles. The molecule has 1 N–H and O–H groups in total. The summed E-state index contributed by atoms with van der Waals surface area (Å²) in [5.74, 6) is -0.0276. The molecule has 0 fully saturated rings. The van der Waals surface area contributed by atoms with Gasteiger partial charge in [-0.25, -0.2) is 0 Å². The van der Waals surface area contributed by atoms with Gasteiger partial charge >= 0.3 is 0 Å². The van der Waals surface area contributed by atoms with Gasteiger partial charge in [-0.1, -0.05) is 46.3 Å². The van der Waals surface area contributed by atoms with Crippen LogP contribution in [0.25, 0.3) is 0 Å². The molecule has 0 aliphatic carbocycles. The second-order valence-electron chi connectivity index (χ2n) is 5.21. The van der Waals surface area contributed by atoms with Crippen molar-refractivity contribution >= 4 is 27.5 Å². The van der Waals surface area contributed by atoms with Crippen LogP contribution in [-0.2, 0) is 17.8 Å². The Labute approximate surface area is 143 Å². The van der Waals surface area contributed by atoms with Crippen molar-refractivity contribution in [3.05, 3.63) is 82.6 Å². The predicted octanol–water partition coefficient (Wildman–Crippen LogP) is 3.88. The summed E-state index contributed by atoms with van der Waals surface area (Å²) in [6.45, 7) is 0.627. The first-order chi connectivity index (χ1) is 11.2. The van der Waals surface area contributed by atoms with Crippen molar-refractivity contribution in [2.24, 2.45) is 0 Å². The van der Waals surface area contributed by atoms with Crippen LogP contribution in [0.3, 0.4) is 0 Å². The van der Waals surface area contributed by atoms with Crippen molar-refractivity contribution in [1.82, 2.24) is 9.78 Å². The average molecular weight is 370 g/mol. The van der Waals surface area contributed by atoms with Crippen LogP contribution >= 0.6 is 15.9 Å². The van der Waals surface area contributed by atoms with Gasteiger partial charge in [0.2, 0.25) is 5.91 Å². The van der Waals surface area contributed by atoms with Crippen molar-refractivity contribution in [3.63, 3.8) is 0 Å². The Morgan fingerprint density at radius 2 is 1.87 bits per heavy atom. The number of carbonyl (C=O) groups is 1. The second kappa shape index (κ2) is 7.24. The van der Waals surface area contributed by atoms with Gasteiger partial charge in [0.25, 0.3) is 0 Å². The molecule has 1 aromatic heterocycles. The SMILES string of the molecule is O=C(Cc1ccc(Br)cc1)Nc1ccccc1Cn1cccn1. The van der Waals surface area contributed by atoms with Gasteiger partial charge in [0, 0.05) is 22.6 Å².